The Bertz CT molecular complexity index is 711. The number of rotatable bonds is 5. The second-order valence-corrected chi connectivity index (χ2v) is 7.83. The van der Waals surface area contributed by atoms with E-state index in [0.29, 0.717) is 17.1 Å². The Hall–Kier alpha value is -0.890. The van der Waals surface area contributed by atoms with Gasteiger partial charge in [0.05, 0.1) is 5.69 Å². The van der Waals surface area contributed by atoms with Crippen molar-refractivity contribution in [2.45, 2.75) is 18.4 Å². The molecule has 1 heterocycles. The maximum Gasteiger partial charge on any atom is 0.263 e. The zero-order valence-corrected chi connectivity index (χ0v) is 14.3. The van der Waals surface area contributed by atoms with Crippen molar-refractivity contribution in [1.29, 1.82) is 0 Å². The van der Waals surface area contributed by atoms with Crippen molar-refractivity contribution in [2.75, 3.05) is 11.8 Å². The number of sulfonamides is 1. The summed E-state index contributed by atoms with van der Waals surface area (Å²) in [6.07, 6.45) is 0. The molecule has 0 bridgehead atoms. The first-order chi connectivity index (χ1) is 9.44. The van der Waals surface area contributed by atoms with Crippen LogP contribution < -0.4 is 10.0 Å². The molecule has 0 atom stereocenters. The first-order valence-corrected chi connectivity index (χ1v) is 9.09. The van der Waals surface area contributed by atoms with E-state index >= 15 is 0 Å². The van der Waals surface area contributed by atoms with Crippen molar-refractivity contribution in [3.63, 3.8) is 0 Å². The van der Waals surface area contributed by atoms with Crippen LogP contribution in [-0.4, -0.2) is 15.5 Å². The maximum absolute atomic E-state index is 12.5. The van der Waals surface area contributed by atoms with Crippen LogP contribution in [0, 0.1) is 6.92 Å². The number of hydrogen-bond acceptors (Lipinski definition) is 4. The van der Waals surface area contributed by atoms with Gasteiger partial charge in [-0.2, -0.15) is 0 Å². The van der Waals surface area contributed by atoms with Gasteiger partial charge < -0.3 is 5.32 Å². The fourth-order valence-corrected chi connectivity index (χ4v) is 4.78. The summed E-state index contributed by atoms with van der Waals surface area (Å²) >= 11 is 4.78. The molecule has 0 aliphatic carbocycles. The van der Waals surface area contributed by atoms with Crippen molar-refractivity contribution >= 4 is 43.0 Å². The van der Waals surface area contributed by atoms with Crippen LogP contribution in [0.2, 0.25) is 0 Å². The lowest BCUT2D eigenvalue weighted by molar-refractivity contribution is 0.600. The van der Waals surface area contributed by atoms with Crippen molar-refractivity contribution in [1.82, 2.24) is 5.32 Å². The van der Waals surface area contributed by atoms with Gasteiger partial charge in [0.25, 0.3) is 10.0 Å². The summed E-state index contributed by atoms with van der Waals surface area (Å²) in [7, 11) is -1.78. The summed E-state index contributed by atoms with van der Waals surface area (Å²) in [5, 5.41) is 4.76. The molecule has 2 N–H and O–H groups in total. The minimum Gasteiger partial charge on any atom is -0.315 e. The number of anilines is 1. The molecule has 0 saturated heterocycles. The largest absolute Gasteiger partial charge is 0.315 e. The fourth-order valence-electron chi connectivity index (χ4n) is 1.77. The third-order valence-corrected chi connectivity index (χ3v) is 5.89. The lowest BCUT2D eigenvalue weighted by Gasteiger charge is -2.11. The molecule has 4 nitrogen and oxygen atoms in total. The minimum atomic E-state index is -3.57. The van der Waals surface area contributed by atoms with Crippen LogP contribution >= 0.6 is 27.3 Å². The standard InChI is InChI=1S/C13H15BrN2O2S2/c1-9-3-4-10(14)11(7-9)16-20(17,18)13-5-6-19-12(13)8-15-2/h3-7,15-16H,8H2,1-2H3. The summed E-state index contributed by atoms with van der Waals surface area (Å²) in [6, 6.07) is 7.17. The van der Waals surface area contributed by atoms with E-state index in [9.17, 15) is 8.42 Å². The van der Waals surface area contributed by atoms with Gasteiger partial charge in [0.1, 0.15) is 4.90 Å². The van der Waals surface area contributed by atoms with Crippen molar-refractivity contribution < 1.29 is 8.42 Å². The van der Waals surface area contributed by atoms with Gasteiger partial charge in [0.15, 0.2) is 0 Å². The summed E-state index contributed by atoms with van der Waals surface area (Å²) in [5.74, 6) is 0. The van der Waals surface area contributed by atoms with E-state index < -0.39 is 10.0 Å². The van der Waals surface area contributed by atoms with Crippen LogP contribution in [0.1, 0.15) is 10.4 Å². The zero-order valence-electron chi connectivity index (χ0n) is 11.1. The molecule has 0 fully saturated rings. The highest BCUT2D eigenvalue weighted by atomic mass is 79.9. The normalized spacial score (nSPS) is 11.6. The van der Waals surface area contributed by atoms with E-state index in [1.807, 2.05) is 19.1 Å². The summed E-state index contributed by atoms with van der Waals surface area (Å²) in [6.45, 7) is 2.45. The molecule has 7 heteroatoms. The van der Waals surface area contributed by atoms with Crippen LogP contribution in [0.4, 0.5) is 5.69 Å². The van der Waals surface area contributed by atoms with E-state index in [2.05, 4.69) is 26.0 Å². The van der Waals surface area contributed by atoms with Gasteiger partial charge in [-0.3, -0.25) is 4.72 Å². The van der Waals surface area contributed by atoms with Crippen LogP contribution in [0.3, 0.4) is 0 Å². The Kier molecular flexibility index (Phi) is 4.85. The average molecular weight is 375 g/mol. The fraction of sp³-hybridized carbons (Fsp3) is 0.231. The lowest BCUT2D eigenvalue weighted by atomic mass is 10.2. The minimum absolute atomic E-state index is 0.324. The maximum atomic E-state index is 12.5. The van der Waals surface area contributed by atoms with E-state index in [-0.39, 0.29) is 0 Å². The zero-order chi connectivity index (χ0) is 14.8. The summed E-state index contributed by atoms with van der Waals surface area (Å²) in [5.41, 5.74) is 1.54. The van der Waals surface area contributed by atoms with Gasteiger partial charge >= 0.3 is 0 Å². The number of hydrogen-bond donors (Lipinski definition) is 2. The van der Waals surface area contributed by atoms with Gasteiger partial charge in [0, 0.05) is 15.9 Å². The molecule has 0 aliphatic heterocycles. The van der Waals surface area contributed by atoms with Crippen LogP contribution in [0.25, 0.3) is 0 Å². The molecular weight excluding hydrogens is 360 g/mol. The highest BCUT2D eigenvalue weighted by Gasteiger charge is 2.20. The molecule has 2 rings (SSSR count). The van der Waals surface area contributed by atoms with Gasteiger partial charge in [0.2, 0.25) is 0 Å². The molecule has 108 valence electrons. The summed E-state index contributed by atoms with van der Waals surface area (Å²) < 4.78 is 28.3. The topological polar surface area (TPSA) is 58.2 Å². The Morgan fingerprint density at radius 2 is 2.05 bits per heavy atom. The van der Waals surface area contributed by atoms with Crippen molar-refractivity contribution in [2.24, 2.45) is 0 Å². The van der Waals surface area contributed by atoms with E-state index in [0.717, 1.165) is 14.9 Å². The molecule has 0 aliphatic rings. The lowest BCUT2D eigenvalue weighted by Crippen LogP contribution is -2.16. The predicted octanol–water partition coefficient (Wildman–Crippen LogP) is 3.34. The van der Waals surface area contributed by atoms with E-state index in [4.69, 9.17) is 0 Å². The average Bonchev–Trinajstić information content (AvgIpc) is 2.83. The Balaban J connectivity index is 2.36. The van der Waals surface area contributed by atoms with Crippen molar-refractivity contribution in [3.8, 4) is 0 Å². The summed E-state index contributed by atoms with van der Waals surface area (Å²) in [4.78, 5) is 1.12. The van der Waals surface area contributed by atoms with Crippen molar-refractivity contribution in [3.05, 3.63) is 44.6 Å². The highest BCUT2D eigenvalue weighted by molar-refractivity contribution is 9.10. The van der Waals surface area contributed by atoms with E-state index in [1.54, 1.807) is 24.6 Å². The molecule has 0 unspecified atom stereocenters. The molecule has 1 aromatic heterocycles. The Labute approximate surface area is 131 Å². The molecule has 1 aromatic carbocycles. The first kappa shape index (κ1) is 15.5. The number of nitrogens with one attached hydrogen (secondary N) is 2. The monoisotopic (exact) mass is 374 g/mol. The molecule has 0 radical (unpaired) electrons. The van der Waals surface area contributed by atoms with Gasteiger partial charge in [-0.15, -0.1) is 11.3 Å². The highest BCUT2D eigenvalue weighted by Crippen LogP contribution is 2.28. The number of aryl methyl sites for hydroxylation is 1. The third-order valence-electron chi connectivity index (χ3n) is 2.70. The second kappa shape index (κ2) is 6.26. The molecule has 0 saturated carbocycles. The quantitative estimate of drug-likeness (QED) is 0.843. The SMILES string of the molecule is CNCc1sccc1S(=O)(=O)Nc1cc(C)ccc1Br. The first-order valence-electron chi connectivity index (χ1n) is 5.94. The van der Waals surface area contributed by atoms with Crippen LogP contribution in [0.5, 0.6) is 0 Å². The Morgan fingerprint density at radius 1 is 1.30 bits per heavy atom. The van der Waals surface area contributed by atoms with Crippen LogP contribution in [0.15, 0.2) is 39.0 Å². The second-order valence-electron chi connectivity index (χ2n) is 4.33. The van der Waals surface area contributed by atoms with Gasteiger partial charge in [-0.1, -0.05) is 6.07 Å². The van der Waals surface area contributed by atoms with Gasteiger partial charge in [-0.05, 0) is 59.0 Å². The molecule has 20 heavy (non-hydrogen) atoms. The molecule has 2 aromatic rings. The predicted molar refractivity (Wildman–Crippen MR) is 86.8 cm³/mol. The number of thiophene rings is 1. The molecule has 0 amide bonds. The van der Waals surface area contributed by atoms with Crippen LogP contribution in [-0.2, 0) is 16.6 Å². The third kappa shape index (κ3) is 3.41. The number of benzene rings is 1. The molecule has 0 spiro atoms. The van der Waals surface area contributed by atoms with E-state index in [1.165, 1.54) is 11.3 Å². The van der Waals surface area contributed by atoms with Gasteiger partial charge in [-0.25, -0.2) is 8.42 Å². The molecular formula is C13H15BrN2O2S2. The Morgan fingerprint density at radius 3 is 2.75 bits per heavy atom. The number of halogens is 1. The smallest absolute Gasteiger partial charge is 0.263 e.